The number of halogens is 3. The zero-order valence-corrected chi connectivity index (χ0v) is 13.6. The molecule has 1 amide bonds. The van der Waals surface area contributed by atoms with Gasteiger partial charge >= 0.3 is 0 Å². The van der Waals surface area contributed by atoms with Gasteiger partial charge in [0, 0.05) is 22.4 Å². The smallest absolute Gasteiger partial charge is 0.244 e. The van der Waals surface area contributed by atoms with E-state index in [-0.39, 0.29) is 22.4 Å². The first kappa shape index (κ1) is 17.0. The molecule has 3 N–H and O–H groups in total. The normalized spacial score (nSPS) is 14.7. The van der Waals surface area contributed by atoms with Gasteiger partial charge in [0.2, 0.25) is 5.91 Å². The van der Waals surface area contributed by atoms with E-state index in [1.54, 1.807) is 0 Å². The van der Waals surface area contributed by atoms with Gasteiger partial charge in [0.15, 0.2) is 0 Å². The molecule has 0 saturated heterocycles. The fourth-order valence-electron chi connectivity index (χ4n) is 3.57. The van der Waals surface area contributed by atoms with E-state index in [0.717, 1.165) is 48.5 Å². The van der Waals surface area contributed by atoms with Crippen LogP contribution in [0.5, 0.6) is 11.5 Å². The van der Waals surface area contributed by atoms with Gasteiger partial charge in [-0.15, -0.1) is 0 Å². The molecule has 27 heavy (non-hydrogen) atoms. The standard InChI is InChI=1S/C20H12F3NO3/c21-10-1-4-16-13(7-10)20(19(27)24-16,14-8-11(22)2-5-17(14)25)15-9-12(23)3-6-18(15)26/h1-9,25-26H,(H,24,27). The molecule has 0 spiro atoms. The van der Waals surface area contributed by atoms with Gasteiger partial charge in [0.1, 0.15) is 34.4 Å². The second kappa shape index (κ2) is 5.77. The summed E-state index contributed by atoms with van der Waals surface area (Å²) in [7, 11) is 0. The van der Waals surface area contributed by atoms with Crippen LogP contribution in [0.1, 0.15) is 16.7 Å². The van der Waals surface area contributed by atoms with Gasteiger partial charge in [-0.25, -0.2) is 13.2 Å². The molecule has 4 nitrogen and oxygen atoms in total. The predicted molar refractivity (Wildman–Crippen MR) is 91.0 cm³/mol. The van der Waals surface area contributed by atoms with Crippen LogP contribution in [0.4, 0.5) is 18.9 Å². The van der Waals surface area contributed by atoms with Crippen molar-refractivity contribution in [3.63, 3.8) is 0 Å². The minimum atomic E-state index is -2.05. The summed E-state index contributed by atoms with van der Waals surface area (Å²) in [6.45, 7) is 0. The van der Waals surface area contributed by atoms with Gasteiger partial charge in [-0.2, -0.15) is 0 Å². The van der Waals surface area contributed by atoms with Gasteiger partial charge < -0.3 is 15.5 Å². The molecule has 1 aliphatic rings. The van der Waals surface area contributed by atoms with E-state index in [2.05, 4.69) is 5.32 Å². The third-order valence-corrected chi connectivity index (χ3v) is 4.70. The summed E-state index contributed by atoms with van der Waals surface area (Å²) in [4.78, 5) is 13.1. The zero-order valence-electron chi connectivity index (χ0n) is 13.6. The van der Waals surface area contributed by atoms with E-state index in [1.807, 2.05) is 0 Å². The highest BCUT2D eigenvalue weighted by Crippen LogP contribution is 2.52. The average molecular weight is 371 g/mol. The molecular formula is C20H12F3NO3. The molecule has 0 unspecified atom stereocenters. The van der Waals surface area contributed by atoms with Crippen molar-refractivity contribution in [2.24, 2.45) is 0 Å². The Hall–Kier alpha value is -3.48. The van der Waals surface area contributed by atoms with E-state index in [4.69, 9.17) is 0 Å². The number of phenolic OH excluding ortho intramolecular Hbond substituents is 2. The first-order valence-electron chi connectivity index (χ1n) is 7.93. The maximum atomic E-state index is 14.0. The molecule has 3 aromatic rings. The quantitative estimate of drug-likeness (QED) is 0.642. The van der Waals surface area contributed by atoms with Crippen molar-refractivity contribution in [1.29, 1.82) is 0 Å². The lowest BCUT2D eigenvalue weighted by molar-refractivity contribution is -0.118. The third-order valence-electron chi connectivity index (χ3n) is 4.70. The summed E-state index contributed by atoms with van der Waals surface area (Å²) in [5.41, 5.74) is -2.31. The number of fused-ring (bicyclic) bond motifs is 1. The average Bonchev–Trinajstić information content (AvgIpc) is 2.91. The number of nitrogens with one attached hydrogen (secondary N) is 1. The summed E-state index contributed by atoms with van der Waals surface area (Å²) < 4.78 is 42.0. The Labute approximate surface area is 151 Å². The SMILES string of the molecule is O=C1Nc2ccc(F)cc2C1(c1cc(F)ccc1O)c1cc(F)ccc1O. The number of benzene rings is 3. The Kier molecular flexibility index (Phi) is 3.62. The molecular weight excluding hydrogens is 359 g/mol. The number of rotatable bonds is 2. The second-order valence-electron chi connectivity index (χ2n) is 6.22. The fourth-order valence-corrected chi connectivity index (χ4v) is 3.57. The largest absolute Gasteiger partial charge is 0.508 e. The number of phenols is 2. The van der Waals surface area contributed by atoms with Crippen LogP contribution >= 0.6 is 0 Å². The monoisotopic (exact) mass is 371 g/mol. The van der Waals surface area contributed by atoms with Gasteiger partial charge in [0.05, 0.1) is 0 Å². The van der Waals surface area contributed by atoms with Crippen molar-refractivity contribution in [3.8, 4) is 11.5 Å². The number of hydrogen-bond donors (Lipinski definition) is 3. The topological polar surface area (TPSA) is 69.6 Å². The van der Waals surface area contributed by atoms with Crippen LogP contribution in [0, 0.1) is 17.5 Å². The lowest BCUT2D eigenvalue weighted by Crippen LogP contribution is -2.37. The maximum absolute atomic E-state index is 14.0. The first-order chi connectivity index (χ1) is 12.8. The van der Waals surface area contributed by atoms with E-state index >= 15 is 0 Å². The number of anilines is 1. The van der Waals surface area contributed by atoms with Crippen LogP contribution in [0.3, 0.4) is 0 Å². The minimum Gasteiger partial charge on any atom is -0.508 e. The highest BCUT2D eigenvalue weighted by molar-refractivity contribution is 6.12. The molecule has 0 saturated carbocycles. The number of hydrogen-bond acceptors (Lipinski definition) is 3. The molecule has 0 aromatic heterocycles. The van der Waals surface area contributed by atoms with E-state index < -0.39 is 40.3 Å². The van der Waals surface area contributed by atoms with Crippen LogP contribution in [0.25, 0.3) is 0 Å². The van der Waals surface area contributed by atoms with Crippen molar-refractivity contribution in [3.05, 3.63) is 88.7 Å². The number of carbonyl (C=O) groups excluding carboxylic acids is 1. The molecule has 1 aliphatic heterocycles. The van der Waals surface area contributed by atoms with Crippen molar-refractivity contribution in [2.45, 2.75) is 5.41 Å². The maximum Gasteiger partial charge on any atom is 0.244 e. The van der Waals surface area contributed by atoms with Crippen LogP contribution in [0.2, 0.25) is 0 Å². The molecule has 0 bridgehead atoms. The van der Waals surface area contributed by atoms with E-state index in [1.165, 1.54) is 6.07 Å². The Balaban J connectivity index is 2.19. The van der Waals surface area contributed by atoms with Crippen molar-refractivity contribution < 1.29 is 28.2 Å². The Morgan fingerprint density at radius 1 is 0.704 bits per heavy atom. The van der Waals surface area contributed by atoms with Crippen molar-refractivity contribution in [2.75, 3.05) is 5.32 Å². The van der Waals surface area contributed by atoms with Gasteiger partial charge in [-0.05, 0) is 54.6 Å². The lowest BCUT2D eigenvalue weighted by atomic mass is 9.69. The molecule has 0 radical (unpaired) electrons. The molecule has 0 aliphatic carbocycles. The zero-order chi connectivity index (χ0) is 19.3. The summed E-state index contributed by atoms with van der Waals surface area (Å²) in [5.74, 6) is -3.95. The Morgan fingerprint density at radius 2 is 1.15 bits per heavy atom. The Morgan fingerprint density at radius 3 is 1.67 bits per heavy atom. The first-order valence-corrected chi connectivity index (χ1v) is 7.93. The minimum absolute atomic E-state index is 0.0225. The number of amides is 1. The summed E-state index contributed by atoms with van der Waals surface area (Å²) in [6, 6.07) is 9.29. The van der Waals surface area contributed by atoms with Crippen LogP contribution in [0.15, 0.2) is 54.6 Å². The van der Waals surface area contributed by atoms with Gasteiger partial charge in [-0.3, -0.25) is 4.79 Å². The molecule has 136 valence electrons. The van der Waals surface area contributed by atoms with E-state index in [9.17, 15) is 28.2 Å². The van der Waals surface area contributed by atoms with Crippen LogP contribution in [-0.2, 0) is 10.2 Å². The molecule has 0 fully saturated rings. The van der Waals surface area contributed by atoms with Gasteiger partial charge in [0.25, 0.3) is 0 Å². The number of carbonyl (C=O) groups is 1. The highest BCUT2D eigenvalue weighted by Gasteiger charge is 2.53. The van der Waals surface area contributed by atoms with Crippen LogP contribution in [-0.4, -0.2) is 16.1 Å². The van der Waals surface area contributed by atoms with Gasteiger partial charge in [-0.1, -0.05) is 0 Å². The summed E-state index contributed by atoms with van der Waals surface area (Å²) in [5, 5.41) is 23.3. The number of aromatic hydroxyl groups is 2. The predicted octanol–water partition coefficient (Wildman–Crippen LogP) is 3.80. The molecule has 4 rings (SSSR count). The summed E-state index contributed by atoms with van der Waals surface area (Å²) in [6.07, 6.45) is 0. The van der Waals surface area contributed by atoms with Crippen LogP contribution < -0.4 is 5.32 Å². The molecule has 7 heteroatoms. The van der Waals surface area contributed by atoms with Crippen molar-refractivity contribution >= 4 is 11.6 Å². The molecule has 0 atom stereocenters. The fraction of sp³-hybridized carbons (Fsp3) is 0.0500. The second-order valence-corrected chi connectivity index (χ2v) is 6.22. The summed E-state index contributed by atoms with van der Waals surface area (Å²) >= 11 is 0. The molecule has 1 heterocycles. The lowest BCUT2D eigenvalue weighted by Gasteiger charge is -2.30. The third kappa shape index (κ3) is 2.35. The highest BCUT2D eigenvalue weighted by atomic mass is 19.1. The van der Waals surface area contributed by atoms with Crippen molar-refractivity contribution in [1.82, 2.24) is 0 Å². The molecule has 3 aromatic carbocycles. The Bertz CT molecular complexity index is 1050. The van der Waals surface area contributed by atoms with E-state index in [0.29, 0.717) is 0 Å².